The topological polar surface area (TPSA) is 59.4 Å². The van der Waals surface area contributed by atoms with Gasteiger partial charge in [-0.3, -0.25) is 9.78 Å². The minimum absolute atomic E-state index is 0.0229. The fraction of sp³-hybridized carbons (Fsp3) is 0.333. The summed E-state index contributed by atoms with van der Waals surface area (Å²) in [5.74, 6) is -0.565. The molecule has 29 heavy (non-hydrogen) atoms. The Morgan fingerprint density at radius 1 is 1.28 bits per heavy atom. The highest BCUT2D eigenvalue weighted by Crippen LogP contribution is 2.36. The van der Waals surface area contributed by atoms with E-state index in [4.69, 9.17) is 9.72 Å². The van der Waals surface area contributed by atoms with E-state index < -0.39 is 18.2 Å². The van der Waals surface area contributed by atoms with Crippen molar-refractivity contribution in [2.75, 3.05) is 0 Å². The number of nitrogens with zero attached hydrogens (tertiary/aromatic N) is 1. The number of rotatable bonds is 5. The summed E-state index contributed by atoms with van der Waals surface area (Å²) < 4.78 is 18.9. The second-order valence-corrected chi connectivity index (χ2v) is 7.63. The first-order valence-electron chi connectivity index (χ1n) is 9.78. The van der Waals surface area contributed by atoms with Crippen LogP contribution in [0.3, 0.4) is 0 Å². The van der Waals surface area contributed by atoms with Gasteiger partial charge in [0, 0.05) is 23.2 Å². The molecule has 0 unspecified atom stereocenters. The molecule has 1 saturated heterocycles. The van der Waals surface area contributed by atoms with Crippen molar-refractivity contribution >= 4 is 18.1 Å². The van der Waals surface area contributed by atoms with Crippen molar-refractivity contribution in [3.8, 4) is 11.1 Å². The number of esters is 1. The van der Waals surface area contributed by atoms with Crippen molar-refractivity contribution in [2.45, 2.75) is 51.7 Å². The van der Waals surface area contributed by atoms with Crippen molar-refractivity contribution in [3.05, 3.63) is 65.3 Å². The number of pyridine rings is 1. The zero-order valence-corrected chi connectivity index (χ0v) is 17.0. The molecule has 1 aromatic heterocycles. The van der Waals surface area contributed by atoms with Crippen LogP contribution in [0.15, 0.2) is 36.9 Å². The van der Waals surface area contributed by atoms with Crippen molar-refractivity contribution in [3.63, 3.8) is 0 Å². The van der Waals surface area contributed by atoms with Crippen LogP contribution in [0.2, 0.25) is 0 Å². The highest BCUT2D eigenvalue weighted by atomic mass is 19.1. The van der Waals surface area contributed by atoms with Gasteiger partial charge in [-0.25, -0.2) is 4.39 Å². The third-order valence-electron chi connectivity index (χ3n) is 5.04. The Morgan fingerprint density at radius 2 is 1.97 bits per heavy atom. The monoisotopic (exact) mass is 395 g/mol. The molecular weight excluding hydrogens is 369 g/mol. The molecule has 1 aromatic carbocycles. The molecular formula is C24H26FNO3. The van der Waals surface area contributed by atoms with Crippen LogP contribution >= 0.6 is 0 Å². The Kier molecular flexibility index (Phi) is 6.28. The molecule has 1 aliphatic heterocycles. The lowest BCUT2D eigenvalue weighted by atomic mass is 9.89. The van der Waals surface area contributed by atoms with Gasteiger partial charge in [0.1, 0.15) is 11.9 Å². The molecule has 4 nitrogen and oxygen atoms in total. The zero-order chi connectivity index (χ0) is 21.1. The summed E-state index contributed by atoms with van der Waals surface area (Å²) in [6, 6.07) is 6.34. The van der Waals surface area contributed by atoms with E-state index in [0.717, 1.165) is 33.6 Å². The van der Waals surface area contributed by atoms with Gasteiger partial charge in [-0.2, -0.15) is 0 Å². The lowest BCUT2D eigenvalue weighted by molar-refractivity contribution is -0.156. The van der Waals surface area contributed by atoms with E-state index >= 15 is 0 Å². The van der Waals surface area contributed by atoms with Gasteiger partial charge in [-0.15, -0.1) is 0 Å². The van der Waals surface area contributed by atoms with Crippen LogP contribution in [0.5, 0.6) is 0 Å². The van der Waals surface area contributed by atoms with Crippen molar-refractivity contribution < 1.29 is 19.0 Å². The molecule has 2 aromatic rings. The minimum atomic E-state index is -0.702. The van der Waals surface area contributed by atoms with Crippen LogP contribution in [0.4, 0.5) is 4.39 Å². The number of benzene rings is 1. The number of aliphatic hydroxyl groups excluding tert-OH is 1. The van der Waals surface area contributed by atoms with E-state index in [2.05, 4.69) is 20.4 Å². The van der Waals surface area contributed by atoms with E-state index in [9.17, 15) is 14.3 Å². The predicted molar refractivity (Wildman–Crippen MR) is 113 cm³/mol. The van der Waals surface area contributed by atoms with Crippen molar-refractivity contribution in [1.29, 1.82) is 0 Å². The summed E-state index contributed by atoms with van der Waals surface area (Å²) in [5, 5.41) is 9.87. The molecule has 0 saturated carbocycles. The second-order valence-electron chi connectivity index (χ2n) is 7.63. The number of carbonyl (C=O) groups is 1. The maximum absolute atomic E-state index is 13.5. The number of carbonyl (C=O) groups excluding carboxylic acids is 1. The van der Waals surface area contributed by atoms with Gasteiger partial charge in [-0.05, 0) is 42.2 Å². The second kappa shape index (κ2) is 8.70. The van der Waals surface area contributed by atoms with E-state index in [-0.39, 0.29) is 18.2 Å². The molecule has 5 heteroatoms. The average molecular weight is 395 g/mol. The van der Waals surface area contributed by atoms with Gasteiger partial charge in [0.15, 0.2) is 0 Å². The Hall–Kier alpha value is -2.79. The number of ether oxygens (including phenoxy) is 1. The van der Waals surface area contributed by atoms with Crippen LogP contribution in [-0.2, 0) is 9.53 Å². The normalized spacial score (nSPS) is 19.6. The van der Waals surface area contributed by atoms with Gasteiger partial charge in [0.2, 0.25) is 0 Å². The Balaban J connectivity index is 2.17. The standard InChI is InChI=1S/C24H26FNO3/c1-5-20-15(4)26-24(14(2)3)21(23(20)16-6-8-17(25)9-7-16)11-10-19-12-18(27)13-22(28)29-19/h5-11,14,18-19,27H,1,12-13H2,2-4H3/t18-,19-/m1/s1. The first-order valence-corrected chi connectivity index (χ1v) is 9.78. The van der Waals surface area contributed by atoms with E-state index in [1.165, 1.54) is 12.1 Å². The summed E-state index contributed by atoms with van der Waals surface area (Å²) in [5.41, 5.74) is 5.26. The largest absolute Gasteiger partial charge is 0.458 e. The molecule has 152 valence electrons. The summed E-state index contributed by atoms with van der Waals surface area (Å²) in [6.07, 6.45) is 4.62. The third kappa shape index (κ3) is 4.62. The van der Waals surface area contributed by atoms with Crippen molar-refractivity contribution in [1.82, 2.24) is 4.98 Å². The van der Waals surface area contributed by atoms with Crippen LogP contribution in [0.1, 0.15) is 55.1 Å². The quantitative estimate of drug-likeness (QED) is 0.721. The molecule has 0 radical (unpaired) electrons. The fourth-order valence-corrected chi connectivity index (χ4v) is 3.67. The van der Waals surface area contributed by atoms with Crippen LogP contribution in [-0.4, -0.2) is 28.3 Å². The zero-order valence-electron chi connectivity index (χ0n) is 17.0. The number of aliphatic hydroxyl groups is 1. The minimum Gasteiger partial charge on any atom is -0.458 e. The van der Waals surface area contributed by atoms with Gasteiger partial charge >= 0.3 is 5.97 Å². The predicted octanol–water partition coefficient (Wildman–Crippen LogP) is 5.04. The molecule has 0 amide bonds. The molecule has 0 bridgehead atoms. The third-order valence-corrected chi connectivity index (χ3v) is 5.04. The van der Waals surface area contributed by atoms with Crippen molar-refractivity contribution in [2.24, 2.45) is 0 Å². The molecule has 1 N–H and O–H groups in total. The number of aryl methyl sites for hydroxylation is 1. The Labute approximate surface area is 170 Å². The SMILES string of the molecule is C=Cc1c(C)nc(C(C)C)c(C=C[C@@H]2C[C@@H](O)CC(=O)O2)c1-c1ccc(F)cc1. The first kappa shape index (κ1) is 20.9. The van der Waals surface area contributed by atoms with Crippen LogP contribution in [0.25, 0.3) is 23.3 Å². The summed E-state index contributed by atoms with van der Waals surface area (Å²) >= 11 is 0. The highest BCUT2D eigenvalue weighted by molar-refractivity contribution is 5.85. The number of hydrogen-bond donors (Lipinski definition) is 1. The van der Waals surface area contributed by atoms with E-state index in [1.54, 1.807) is 24.3 Å². The Morgan fingerprint density at radius 3 is 2.55 bits per heavy atom. The highest BCUT2D eigenvalue weighted by Gasteiger charge is 2.26. The van der Waals surface area contributed by atoms with Gasteiger partial charge in [0.05, 0.1) is 18.2 Å². The summed E-state index contributed by atoms with van der Waals surface area (Å²) in [4.78, 5) is 16.4. The molecule has 0 aliphatic carbocycles. The first-order chi connectivity index (χ1) is 13.8. The number of aromatic nitrogens is 1. The maximum Gasteiger partial charge on any atom is 0.309 e. The molecule has 1 fully saturated rings. The number of halogens is 1. The molecule has 1 aliphatic rings. The molecule has 3 rings (SSSR count). The van der Waals surface area contributed by atoms with Crippen LogP contribution in [0, 0.1) is 12.7 Å². The molecule has 2 heterocycles. The molecule has 2 atom stereocenters. The number of hydrogen-bond acceptors (Lipinski definition) is 4. The van der Waals surface area contributed by atoms with E-state index in [1.807, 2.05) is 13.0 Å². The van der Waals surface area contributed by atoms with Crippen LogP contribution < -0.4 is 0 Å². The van der Waals surface area contributed by atoms with Gasteiger partial charge < -0.3 is 9.84 Å². The summed E-state index contributed by atoms with van der Waals surface area (Å²) in [7, 11) is 0. The summed E-state index contributed by atoms with van der Waals surface area (Å²) in [6.45, 7) is 10.00. The fourth-order valence-electron chi connectivity index (χ4n) is 3.67. The maximum atomic E-state index is 13.5. The lowest BCUT2D eigenvalue weighted by Gasteiger charge is -2.24. The lowest BCUT2D eigenvalue weighted by Crippen LogP contribution is -2.31. The Bertz CT molecular complexity index is 948. The van der Waals surface area contributed by atoms with E-state index in [0.29, 0.717) is 6.42 Å². The molecule has 0 spiro atoms. The smallest absolute Gasteiger partial charge is 0.309 e. The van der Waals surface area contributed by atoms with Gasteiger partial charge in [-0.1, -0.05) is 44.7 Å². The average Bonchev–Trinajstić information content (AvgIpc) is 2.66. The van der Waals surface area contributed by atoms with Gasteiger partial charge in [0.25, 0.3) is 0 Å². The number of cyclic esters (lactones) is 1.